The minimum absolute atomic E-state index is 0.142. The molecule has 35 heavy (non-hydrogen) atoms. The summed E-state index contributed by atoms with van der Waals surface area (Å²) in [7, 11) is 2.93. The molecule has 0 bridgehead atoms. The predicted octanol–water partition coefficient (Wildman–Crippen LogP) is 4.82. The van der Waals surface area contributed by atoms with E-state index in [1.807, 2.05) is 0 Å². The third-order valence-electron chi connectivity index (χ3n) is 5.10. The molecule has 0 aliphatic rings. The second kappa shape index (κ2) is 10.6. The van der Waals surface area contributed by atoms with E-state index in [2.05, 4.69) is 5.16 Å². The van der Waals surface area contributed by atoms with Crippen LogP contribution in [0, 0.1) is 0 Å². The number of carbonyl (C=O) groups excluding carboxylic acids is 2. The van der Waals surface area contributed by atoms with E-state index in [1.165, 1.54) is 14.2 Å². The van der Waals surface area contributed by atoms with Crippen LogP contribution < -0.4 is 18.9 Å². The number of hydrogen-bond donors (Lipinski definition) is 0. The maximum atomic E-state index is 12.8. The van der Waals surface area contributed by atoms with Crippen LogP contribution in [-0.2, 0) is 11.3 Å². The summed E-state index contributed by atoms with van der Waals surface area (Å²) in [5.74, 6) is 0.490. The lowest BCUT2D eigenvalue weighted by Gasteiger charge is -2.12. The molecule has 0 saturated heterocycles. The summed E-state index contributed by atoms with van der Waals surface area (Å²) in [6.07, 6.45) is 0. The van der Waals surface area contributed by atoms with Crippen molar-refractivity contribution in [3.8, 4) is 23.0 Å². The first-order chi connectivity index (χ1) is 17.0. The SMILES string of the molecule is CCOC(=O)c1ccc(OCc2noc3cc(OC(=O)c4c(OC)cccc4OC)ccc23)cc1. The van der Waals surface area contributed by atoms with Crippen molar-refractivity contribution in [3.63, 3.8) is 0 Å². The van der Waals surface area contributed by atoms with E-state index < -0.39 is 5.97 Å². The summed E-state index contributed by atoms with van der Waals surface area (Å²) in [6.45, 7) is 2.21. The number of fused-ring (bicyclic) bond motifs is 1. The van der Waals surface area contributed by atoms with Crippen LogP contribution in [0.2, 0.25) is 0 Å². The number of rotatable bonds is 9. The first-order valence-corrected chi connectivity index (χ1v) is 10.8. The smallest absolute Gasteiger partial charge is 0.351 e. The van der Waals surface area contributed by atoms with Crippen LogP contribution in [0.3, 0.4) is 0 Å². The molecule has 0 aliphatic carbocycles. The molecule has 0 amide bonds. The van der Waals surface area contributed by atoms with Crippen molar-refractivity contribution in [1.82, 2.24) is 5.16 Å². The third kappa shape index (κ3) is 5.19. The van der Waals surface area contributed by atoms with Gasteiger partial charge in [0.15, 0.2) is 5.58 Å². The molecule has 4 rings (SSSR count). The van der Waals surface area contributed by atoms with Gasteiger partial charge in [-0.15, -0.1) is 0 Å². The van der Waals surface area contributed by atoms with Crippen LogP contribution in [0.4, 0.5) is 0 Å². The maximum absolute atomic E-state index is 12.8. The lowest BCUT2D eigenvalue weighted by atomic mass is 10.1. The molecule has 0 fully saturated rings. The molecule has 0 saturated carbocycles. The average Bonchev–Trinajstić information content (AvgIpc) is 3.29. The van der Waals surface area contributed by atoms with E-state index >= 15 is 0 Å². The fraction of sp³-hybridized carbons (Fsp3) is 0.192. The Balaban J connectivity index is 1.45. The van der Waals surface area contributed by atoms with Gasteiger partial charge in [0.05, 0.1) is 26.4 Å². The van der Waals surface area contributed by atoms with Gasteiger partial charge in [-0.05, 0) is 55.5 Å². The van der Waals surface area contributed by atoms with Crippen LogP contribution in [0.15, 0.2) is 65.2 Å². The molecule has 0 unspecified atom stereocenters. The zero-order valence-electron chi connectivity index (χ0n) is 19.4. The summed E-state index contributed by atoms with van der Waals surface area (Å²) >= 11 is 0. The number of hydrogen-bond acceptors (Lipinski definition) is 9. The van der Waals surface area contributed by atoms with Gasteiger partial charge in [0.2, 0.25) is 0 Å². The molecule has 1 aromatic heterocycles. The summed E-state index contributed by atoms with van der Waals surface area (Å²) in [5.41, 5.74) is 1.62. The molecular formula is C26H23NO8. The van der Waals surface area contributed by atoms with Gasteiger partial charge in [-0.2, -0.15) is 0 Å². The van der Waals surface area contributed by atoms with Crippen LogP contribution in [0.1, 0.15) is 33.3 Å². The van der Waals surface area contributed by atoms with Crippen molar-refractivity contribution in [1.29, 1.82) is 0 Å². The van der Waals surface area contributed by atoms with Gasteiger partial charge in [-0.1, -0.05) is 11.2 Å². The largest absolute Gasteiger partial charge is 0.496 e. The van der Waals surface area contributed by atoms with Crippen molar-refractivity contribution >= 4 is 22.9 Å². The molecule has 0 aliphatic heterocycles. The Kier molecular flexibility index (Phi) is 7.15. The number of carbonyl (C=O) groups is 2. The Morgan fingerprint density at radius 2 is 1.57 bits per heavy atom. The second-order valence-electron chi connectivity index (χ2n) is 7.25. The highest BCUT2D eigenvalue weighted by Crippen LogP contribution is 2.31. The van der Waals surface area contributed by atoms with Crippen molar-refractivity contribution in [2.24, 2.45) is 0 Å². The van der Waals surface area contributed by atoms with Gasteiger partial charge in [-0.3, -0.25) is 0 Å². The van der Waals surface area contributed by atoms with Crippen molar-refractivity contribution in [2.75, 3.05) is 20.8 Å². The van der Waals surface area contributed by atoms with Gasteiger partial charge in [0, 0.05) is 11.5 Å². The second-order valence-corrected chi connectivity index (χ2v) is 7.25. The number of esters is 2. The molecule has 4 aromatic rings. The van der Waals surface area contributed by atoms with Crippen LogP contribution >= 0.6 is 0 Å². The van der Waals surface area contributed by atoms with Gasteiger partial charge in [0.25, 0.3) is 0 Å². The summed E-state index contributed by atoms with van der Waals surface area (Å²) in [5, 5.41) is 4.77. The van der Waals surface area contributed by atoms with Gasteiger partial charge >= 0.3 is 11.9 Å². The molecule has 0 spiro atoms. The highest BCUT2D eigenvalue weighted by molar-refractivity contribution is 5.97. The number of aromatic nitrogens is 1. The molecule has 3 aromatic carbocycles. The Labute approximate surface area is 201 Å². The Morgan fingerprint density at radius 1 is 0.886 bits per heavy atom. The van der Waals surface area contributed by atoms with E-state index in [0.29, 0.717) is 46.1 Å². The number of methoxy groups -OCH3 is 2. The Bertz CT molecular complexity index is 1320. The minimum Gasteiger partial charge on any atom is -0.496 e. The van der Waals surface area contributed by atoms with E-state index in [-0.39, 0.29) is 23.9 Å². The topological polar surface area (TPSA) is 106 Å². The normalized spacial score (nSPS) is 10.6. The molecule has 0 N–H and O–H groups in total. The minimum atomic E-state index is -0.631. The quantitative estimate of drug-likeness (QED) is 0.248. The highest BCUT2D eigenvalue weighted by Gasteiger charge is 2.21. The van der Waals surface area contributed by atoms with E-state index in [1.54, 1.807) is 67.6 Å². The van der Waals surface area contributed by atoms with Crippen molar-refractivity contribution in [3.05, 3.63) is 77.5 Å². The molecule has 9 nitrogen and oxygen atoms in total. The highest BCUT2D eigenvalue weighted by atomic mass is 16.5. The molecule has 0 radical (unpaired) electrons. The van der Waals surface area contributed by atoms with Crippen LogP contribution in [-0.4, -0.2) is 37.9 Å². The van der Waals surface area contributed by atoms with Gasteiger partial charge in [-0.25, -0.2) is 9.59 Å². The fourth-order valence-corrected chi connectivity index (χ4v) is 3.40. The van der Waals surface area contributed by atoms with Crippen LogP contribution in [0.25, 0.3) is 11.0 Å². The van der Waals surface area contributed by atoms with Gasteiger partial charge < -0.3 is 28.2 Å². The maximum Gasteiger partial charge on any atom is 0.351 e. The summed E-state index contributed by atoms with van der Waals surface area (Å²) < 4.78 is 32.2. The first kappa shape index (κ1) is 23.6. The molecular weight excluding hydrogens is 454 g/mol. The first-order valence-electron chi connectivity index (χ1n) is 10.8. The molecule has 9 heteroatoms. The number of nitrogens with zero attached hydrogens (tertiary/aromatic N) is 1. The zero-order chi connectivity index (χ0) is 24.8. The summed E-state index contributed by atoms with van der Waals surface area (Å²) in [6, 6.07) is 16.6. The van der Waals surface area contributed by atoms with Crippen molar-refractivity contribution < 1.29 is 37.8 Å². The lowest BCUT2D eigenvalue weighted by molar-refractivity contribution is 0.0526. The summed E-state index contributed by atoms with van der Waals surface area (Å²) in [4.78, 5) is 24.6. The van der Waals surface area contributed by atoms with E-state index in [0.717, 1.165) is 0 Å². The van der Waals surface area contributed by atoms with Gasteiger partial charge in [0.1, 0.15) is 40.9 Å². The fourth-order valence-electron chi connectivity index (χ4n) is 3.40. The van der Waals surface area contributed by atoms with Crippen LogP contribution in [0.5, 0.6) is 23.0 Å². The predicted molar refractivity (Wildman–Crippen MR) is 125 cm³/mol. The number of benzene rings is 3. The third-order valence-corrected chi connectivity index (χ3v) is 5.10. The lowest BCUT2D eigenvalue weighted by Crippen LogP contribution is -2.11. The standard InChI is InChI=1S/C26H23NO8/c1-4-32-25(28)16-8-10-17(11-9-16)33-15-20-19-13-12-18(14-23(19)35-27-20)34-26(29)24-21(30-2)6-5-7-22(24)31-3/h5-14H,4,15H2,1-3H3. The molecule has 0 atom stereocenters. The monoisotopic (exact) mass is 477 g/mol. The molecule has 180 valence electrons. The Hall–Kier alpha value is -4.53. The molecule has 1 heterocycles. The van der Waals surface area contributed by atoms with E-state index in [9.17, 15) is 9.59 Å². The Morgan fingerprint density at radius 3 is 2.23 bits per heavy atom. The zero-order valence-corrected chi connectivity index (χ0v) is 19.4. The number of ether oxygens (including phenoxy) is 5. The van der Waals surface area contributed by atoms with Crippen molar-refractivity contribution in [2.45, 2.75) is 13.5 Å². The van der Waals surface area contributed by atoms with E-state index in [4.69, 9.17) is 28.2 Å². The average molecular weight is 477 g/mol.